The minimum atomic E-state index is -3.14. The van der Waals surface area contributed by atoms with Crippen LogP contribution in [0.3, 0.4) is 0 Å². The Morgan fingerprint density at radius 3 is 1.56 bits per heavy atom. The van der Waals surface area contributed by atoms with Crippen LogP contribution in [0.4, 0.5) is 0 Å². The van der Waals surface area contributed by atoms with E-state index in [0.29, 0.717) is 10.5 Å². The predicted octanol–water partition coefficient (Wildman–Crippen LogP) is 3.41. The van der Waals surface area contributed by atoms with Gasteiger partial charge in [-0.25, -0.2) is 0 Å². The summed E-state index contributed by atoms with van der Waals surface area (Å²) < 4.78 is 5.15. The third kappa shape index (κ3) is 3.93. The molecule has 2 rings (SSSR count). The van der Waals surface area contributed by atoms with Crippen molar-refractivity contribution >= 4 is 16.8 Å². The van der Waals surface area contributed by atoms with Crippen molar-refractivity contribution in [1.29, 1.82) is 0 Å². The average molecular weight is 375 g/mol. The standard InChI is InChI=1S/C12H24O3PS.Mo/c13-16(14,15)17(11-7-3-1-4-8-11)12-9-5-2-6-10-12;/h11-12H,1-10H2,(H2-,13,14,15);/q-1;+1. The molecule has 0 aromatic rings. The first-order chi connectivity index (χ1) is 8.65. The molecule has 2 aliphatic carbocycles. The van der Waals surface area contributed by atoms with Crippen LogP contribution < -0.4 is 0 Å². The van der Waals surface area contributed by atoms with Crippen molar-refractivity contribution in [3.63, 3.8) is 0 Å². The molecule has 0 bridgehead atoms. The van der Waals surface area contributed by atoms with Gasteiger partial charge in [-0.2, -0.15) is 0 Å². The molecule has 0 aromatic heterocycles. The van der Waals surface area contributed by atoms with Crippen molar-refractivity contribution in [3.8, 4) is 0 Å². The van der Waals surface area contributed by atoms with Crippen LogP contribution in [0.25, 0.3) is 0 Å². The second-order valence-electron chi connectivity index (χ2n) is 5.43. The van der Waals surface area contributed by atoms with Gasteiger partial charge >= 0.3 is 125 Å². The first-order valence-electron chi connectivity index (χ1n) is 7.04. The third-order valence-electron chi connectivity index (χ3n) is 4.16. The molecule has 0 amide bonds. The van der Waals surface area contributed by atoms with Gasteiger partial charge in [0.1, 0.15) is 0 Å². The Kier molecular flexibility index (Phi) is 6.45. The van der Waals surface area contributed by atoms with Gasteiger partial charge in [0.15, 0.2) is 0 Å². The molecule has 6 heteroatoms. The van der Waals surface area contributed by atoms with E-state index in [1.165, 1.54) is 84.4 Å². The molecule has 2 N–H and O–H groups in total. The molecule has 0 atom stereocenters. The van der Waals surface area contributed by atoms with Gasteiger partial charge < -0.3 is 0 Å². The molecule has 107 valence electrons. The van der Waals surface area contributed by atoms with Crippen LogP contribution in [-0.4, -0.2) is 20.3 Å². The molecule has 0 aliphatic heterocycles. The van der Waals surface area contributed by atoms with Crippen molar-refractivity contribution in [3.05, 3.63) is 0 Å². The monoisotopic (exact) mass is 377 g/mol. The van der Waals surface area contributed by atoms with Gasteiger partial charge in [-0.05, 0) is 0 Å². The van der Waals surface area contributed by atoms with Gasteiger partial charge in [-0.15, -0.1) is 0 Å². The van der Waals surface area contributed by atoms with E-state index in [2.05, 4.69) is 0 Å². The molecule has 2 aliphatic rings. The summed E-state index contributed by atoms with van der Waals surface area (Å²) in [6.45, 7) is -3.14. The van der Waals surface area contributed by atoms with Gasteiger partial charge in [-0.1, -0.05) is 0 Å². The van der Waals surface area contributed by atoms with E-state index in [-0.39, 0.29) is 10.1 Å². The zero-order valence-corrected chi connectivity index (χ0v) is 14.5. The summed E-state index contributed by atoms with van der Waals surface area (Å²) in [6, 6.07) is 0. The van der Waals surface area contributed by atoms with Crippen LogP contribution in [0.15, 0.2) is 0 Å². The fourth-order valence-corrected chi connectivity index (χ4v) is 11.7. The normalized spacial score (nSPS) is 24.6. The molecule has 0 unspecified atom stereocenters. The van der Waals surface area contributed by atoms with Crippen LogP contribution in [0, 0.1) is 0 Å². The quantitative estimate of drug-likeness (QED) is 0.587. The Bertz CT molecular complexity index is 299. The van der Waals surface area contributed by atoms with E-state index >= 15 is 0 Å². The van der Waals surface area contributed by atoms with E-state index < -0.39 is 6.72 Å². The Balaban J connectivity index is 2.24. The molecular weight excluding hydrogens is 351 g/mol. The Morgan fingerprint density at radius 2 is 1.22 bits per heavy atom. The Morgan fingerprint density at radius 1 is 0.833 bits per heavy atom. The maximum absolute atomic E-state index is 10.3. The number of hydrogen-bond donors (Lipinski definition) is 2. The van der Waals surface area contributed by atoms with E-state index in [1.54, 1.807) is 0 Å². The average Bonchev–Trinajstić information content (AvgIpc) is 2.41. The molecule has 0 saturated heterocycles. The first kappa shape index (κ1) is 15.7. The molecule has 0 aromatic carbocycles. The molecule has 2 fully saturated rings. The fraction of sp³-hybridized carbons (Fsp3) is 1.00. The van der Waals surface area contributed by atoms with Gasteiger partial charge in [0.25, 0.3) is 0 Å². The van der Waals surface area contributed by atoms with Crippen molar-refractivity contribution in [2.24, 2.45) is 0 Å². The molecule has 0 spiro atoms. The van der Waals surface area contributed by atoms with Crippen LogP contribution in [0.5, 0.6) is 0 Å². The second-order valence-corrected chi connectivity index (χ2v) is 12.4. The summed E-state index contributed by atoms with van der Waals surface area (Å²) in [5.41, 5.74) is 0. The van der Waals surface area contributed by atoms with Crippen molar-refractivity contribution in [1.82, 2.24) is 0 Å². The zero-order chi connectivity index (χ0) is 13.0. The van der Waals surface area contributed by atoms with Crippen LogP contribution in [0.1, 0.15) is 64.2 Å². The zero-order valence-electron chi connectivity index (χ0n) is 10.8. The molecule has 3 nitrogen and oxygen atoms in total. The minimum absolute atomic E-state index is 0.305. The Labute approximate surface area is 124 Å². The van der Waals surface area contributed by atoms with E-state index in [0.717, 1.165) is 0 Å². The predicted molar refractivity (Wildman–Crippen MR) is 73.6 cm³/mol. The third-order valence-corrected chi connectivity index (χ3v) is 13.2. The van der Waals surface area contributed by atoms with Gasteiger partial charge in [0.2, 0.25) is 0 Å². The van der Waals surface area contributed by atoms with E-state index in [1.807, 2.05) is 0 Å². The van der Waals surface area contributed by atoms with E-state index in [9.17, 15) is 9.79 Å². The SMILES string of the molecule is OP(O)([O][Mo])=S(C1CCCCC1)C1CCCCC1. The van der Waals surface area contributed by atoms with Crippen LogP contribution in [-0.2, 0) is 33.4 Å². The summed E-state index contributed by atoms with van der Waals surface area (Å²) in [5, 5.41) is 1.01. The summed E-state index contributed by atoms with van der Waals surface area (Å²) >= 11 is 1.40. The van der Waals surface area contributed by atoms with Crippen LogP contribution in [0.2, 0.25) is 0 Å². The second kappa shape index (κ2) is 7.38. The van der Waals surface area contributed by atoms with Gasteiger partial charge in [0, 0.05) is 0 Å². The maximum atomic E-state index is 10.3. The molecular formula is C12H24MoO3PS. The first-order valence-corrected chi connectivity index (χ1v) is 11.4. The summed E-state index contributed by atoms with van der Waals surface area (Å²) in [6.07, 6.45) is 12.3. The van der Waals surface area contributed by atoms with Crippen LogP contribution >= 0.6 is 6.72 Å². The summed E-state index contributed by atoms with van der Waals surface area (Å²) in [5.74, 6) is 0. The fourth-order valence-electron chi connectivity index (χ4n) is 3.31. The summed E-state index contributed by atoms with van der Waals surface area (Å²) in [4.78, 5) is 20.7. The summed E-state index contributed by atoms with van der Waals surface area (Å²) in [7, 11) is -0.305. The van der Waals surface area contributed by atoms with Gasteiger partial charge in [0.05, 0.1) is 0 Å². The topological polar surface area (TPSA) is 49.7 Å². The van der Waals surface area contributed by atoms with Gasteiger partial charge in [-0.3, -0.25) is 0 Å². The number of rotatable bonds is 3. The van der Waals surface area contributed by atoms with Crippen molar-refractivity contribution < 1.29 is 33.2 Å². The molecule has 0 radical (unpaired) electrons. The number of hydrogen-bond acceptors (Lipinski definition) is 1. The molecule has 18 heavy (non-hydrogen) atoms. The Hall–Kier alpha value is 1.35. The van der Waals surface area contributed by atoms with Crippen molar-refractivity contribution in [2.45, 2.75) is 74.7 Å². The van der Waals surface area contributed by atoms with Crippen molar-refractivity contribution in [2.75, 3.05) is 0 Å². The van der Waals surface area contributed by atoms with E-state index in [4.69, 9.17) is 3.18 Å². The molecule has 0 heterocycles. The molecule has 2 saturated carbocycles.